The molecule has 0 radical (unpaired) electrons. The molecule has 1 atom stereocenters. The van der Waals surface area contributed by atoms with E-state index in [1.54, 1.807) is 0 Å². The summed E-state index contributed by atoms with van der Waals surface area (Å²) in [6.45, 7) is 3.65. The summed E-state index contributed by atoms with van der Waals surface area (Å²) in [7, 11) is 0. The first kappa shape index (κ1) is 15.6. The highest BCUT2D eigenvalue weighted by molar-refractivity contribution is 5.76. The zero-order chi connectivity index (χ0) is 16.1. The van der Waals surface area contributed by atoms with Crippen LogP contribution in [0.2, 0.25) is 0 Å². The minimum atomic E-state index is 0.00715. The first-order chi connectivity index (χ1) is 11.3. The highest BCUT2D eigenvalue weighted by Gasteiger charge is 2.28. The van der Waals surface area contributed by atoms with Gasteiger partial charge in [-0.2, -0.15) is 4.98 Å². The lowest BCUT2D eigenvalue weighted by Crippen LogP contribution is -2.41. The predicted molar refractivity (Wildman–Crippen MR) is 79.3 cm³/mol. The van der Waals surface area contributed by atoms with E-state index in [0.29, 0.717) is 12.4 Å². The van der Waals surface area contributed by atoms with Gasteiger partial charge in [0.25, 0.3) is 0 Å². The van der Waals surface area contributed by atoms with E-state index in [9.17, 15) is 4.79 Å². The van der Waals surface area contributed by atoms with Gasteiger partial charge in [-0.1, -0.05) is 18.5 Å². The maximum absolute atomic E-state index is 12.3. The molecular formula is C14H21N7O2. The van der Waals surface area contributed by atoms with Crippen molar-refractivity contribution >= 4 is 5.91 Å². The van der Waals surface area contributed by atoms with Crippen molar-refractivity contribution in [3.8, 4) is 0 Å². The van der Waals surface area contributed by atoms with Crippen LogP contribution in [0.4, 0.5) is 0 Å². The summed E-state index contributed by atoms with van der Waals surface area (Å²) < 4.78 is 6.83. The van der Waals surface area contributed by atoms with Crippen LogP contribution in [0.25, 0.3) is 0 Å². The third-order valence-corrected chi connectivity index (χ3v) is 4.05. The van der Waals surface area contributed by atoms with E-state index in [0.717, 1.165) is 44.5 Å². The molecule has 0 spiro atoms. The predicted octanol–water partition coefficient (Wildman–Crippen LogP) is 0.805. The molecule has 9 heteroatoms. The number of carbonyl (C=O) groups excluding carboxylic acids is 1. The molecule has 2 aromatic rings. The Bertz CT molecular complexity index is 625. The Morgan fingerprint density at radius 1 is 1.48 bits per heavy atom. The topological polar surface area (TPSA) is 103 Å². The summed E-state index contributed by atoms with van der Waals surface area (Å²) >= 11 is 0. The van der Waals surface area contributed by atoms with Crippen LogP contribution in [-0.2, 0) is 17.8 Å². The van der Waals surface area contributed by atoms with E-state index in [1.165, 1.54) is 11.0 Å². The Kier molecular flexibility index (Phi) is 4.94. The van der Waals surface area contributed by atoms with E-state index in [-0.39, 0.29) is 18.4 Å². The molecule has 0 aliphatic carbocycles. The molecule has 0 bridgehead atoms. The van der Waals surface area contributed by atoms with Crippen LogP contribution < -0.4 is 0 Å². The summed E-state index contributed by atoms with van der Waals surface area (Å²) in [4.78, 5) is 18.6. The molecule has 23 heavy (non-hydrogen) atoms. The van der Waals surface area contributed by atoms with Gasteiger partial charge in [-0.25, -0.2) is 4.68 Å². The molecular weight excluding hydrogens is 298 g/mol. The van der Waals surface area contributed by atoms with Gasteiger partial charge in [0.1, 0.15) is 12.9 Å². The summed E-state index contributed by atoms with van der Waals surface area (Å²) in [5.41, 5.74) is 0. The van der Waals surface area contributed by atoms with Crippen molar-refractivity contribution in [1.82, 2.24) is 35.2 Å². The van der Waals surface area contributed by atoms with E-state index < -0.39 is 0 Å². The first-order valence-corrected chi connectivity index (χ1v) is 8.07. The Labute approximate surface area is 134 Å². The van der Waals surface area contributed by atoms with Gasteiger partial charge in [0, 0.05) is 19.5 Å². The molecule has 0 N–H and O–H groups in total. The van der Waals surface area contributed by atoms with Crippen LogP contribution in [0.15, 0.2) is 10.9 Å². The molecule has 1 saturated heterocycles. The van der Waals surface area contributed by atoms with Crippen molar-refractivity contribution in [2.45, 2.75) is 51.5 Å². The lowest BCUT2D eigenvalue weighted by atomic mass is 9.98. The van der Waals surface area contributed by atoms with Gasteiger partial charge in [-0.05, 0) is 29.7 Å². The maximum Gasteiger partial charge on any atom is 0.244 e. The fraction of sp³-hybridized carbons (Fsp3) is 0.714. The second kappa shape index (κ2) is 7.30. The van der Waals surface area contributed by atoms with Gasteiger partial charge >= 0.3 is 0 Å². The van der Waals surface area contributed by atoms with Gasteiger partial charge in [0.15, 0.2) is 5.82 Å². The van der Waals surface area contributed by atoms with Crippen LogP contribution in [-0.4, -0.2) is 54.2 Å². The fourth-order valence-electron chi connectivity index (χ4n) is 2.77. The molecule has 0 saturated carbocycles. The average molecular weight is 319 g/mol. The van der Waals surface area contributed by atoms with Gasteiger partial charge < -0.3 is 9.42 Å². The van der Waals surface area contributed by atoms with Crippen molar-refractivity contribution in [2.24, 2.45) is 0 Å². The molecule has 0 aromatic carbocycles. The number of aromatic nitrogens is 6. The lowest BCUT2D eigenvalue weighted by molar-refractivity contribution is -0.133. The number of unbranched alkanes of at least 4 members (excludes halogenated alkanes) is 1. The third-order valence-electron chi connectivity index (χ3n) is 4.05. The van der Waals surface area contributed by atoms with Crippen molar-refractivity contribution in [1.29, 1.82) is 0 Å². The third kappa shape index (κ3) is 3.91. The summed E-state index contributed by atoms with van der Waals surface area (Å²) in [6, 6.07) is 0. The molecule has 1 amide bonds. The fourth-order valence-corrected chi connectivity index (χ4v) is 2.77. The number of hydrogen-bond donors (Lipinski definition) is 0. The van der Waals surface area contributed by atoms with Crippen LogP contribution in [0, 0.1) is 0 Å². The Morgan fingerprint density at radius 3 is 3.17 bits per heavy atom. The van der Waals surface area contributed by atoms with E-state index >= 15 is 0 Å². The van der Waals surface area contributed by atoms with Gasteiger partial charge in [0.05, 0.1) is 5.92 Å². The summed E-state index contributed by atoms with van der Waals surface area (Å²) in [5, 5.41) is 14.8. The zero-order valence-electron chi connectivity index (χ0n) is 13.3. The minimum Gasteiger partial charge on any atom is -0.340 e. The molecule has 124 valence electrons. The van der Waals surface area contributed by atoms with E-state index in [1.807, 2.05) is 4.90 Å². The summed E-state index contributed by atoms with van der Waals surface area (Å²) in [6.07, 6.45) is 6.34. The number of amides is 1. The van der Waals surface area contributed by atoms with Gasteiger partial charge in [0.2, 0.25) is 11.8 Å². The molecule has 2 aromatic heterocycles. The van der Waals surface area contributed by atoms with Crippen LogP contribution in [0.1, 0.15) is 50.2 Å². The number of hydrogen-bond acceptors (Lipinski definition) is 7. The van der Waals surface area contributed by atoms with Crippen molar-refractivity contribution in [2.75, 3.05) is 13.1 Å². The molecule has 0 unspecified atom stereocenters. The quantitative estimate of drug-likeness (QED) is 0.776. The number of likely N-dealkylation sites (tertiary alicyclic amines) is 1. The van der Waals surface area contributed by atoms with Crippen LogP contribution in [0.3, 0.4) is 0 Å². The zero-order valence-corrected chi connectivity index (χ0v) is 13.3. The summed E-state index contributed by atoms with van der Waals surface area (Å²) in [5.74, 6) is 1.53. The van der Waals surface area contributed by atoms with Crippen molar-refractivity contribution in [3.63, 3.8) is 0 Å². The lowest BCUT2D eigenvalue weighted by Gasteiger charge is -2.30. The normalized spacial score (nSPS) is 18.3. The molecule has 9 nitrogen and oxygen atoms in total. The van der Waals surface area contributed by atoms with Gasteiger partial charge in [-0.3, -0.25) is 4.79 Å². The largest absolute Gasteiger partial charge is 0.340 e. The Balaban J connectivity index is 1.59. The molecule has 1 fully saturated rings. The second-order valence-electron chi connectivity index (χ2n) is 5.84. The Hall–Kier alpha value is -2.32. The number of rotatable bonds is 6. The van der Waals surface area contributed by atoms with E-state index in [4.69, 9.17) is 4.52 Å². The van der Waals surface area contributed by atoms with E-state index in [2.05, 4.69) is 32.6 Å². The highest BCUT2D eigenvalue weighted by Crippen LogP contribution is 2.26. The molecule has 3 heterocycles. The number of piperidine rings is 1. The van der Waals surface area contributed by atoms with Crippen LogP contribution >= 0.6 is 0 Å². The monoisotopic (exact) mass is 319 g/mol. The second-order valence-corrected chi connectivity index (χ2v) is 5.84. The highest BCUT2D eigenvalue weighted by atomic mass is 16.5. The van der Waals surface area contributed by atoms with Crippen molar-refractivity contribution in [3.05, 3.63) is 18.0 Å². The first-order valence-electron chi connectivity index (χ1n) is 8.07. The standard InChI is InChI=1S/C14H21N7O2/c1-2-3-6-12-16-14(23-17-12)11-5-4-7-20(8-11)13(22)9-21-10-15-18-19-21/h10-11H,2-9H2,1H3/t11-/m0/s1. The maximum atomic E-state index is 12.3. The van der Waals surface area contributed by atoms with Gasteiger partial charge in [-0.15, -0.1) is 5.10 Å². The number of carbonyl (C=O) groups is 1. The SMILES string of the molecule is CCCCc1noc([C@H]2CCCN(C(=O)Cn3cnnn3)C2)n1. The van der Waals surface area contributed by atoms with Crippen molar-refractivity contribution < 1.29 is 9.32 Å². The number of nitrogens with zero attached hydrogens (tertiary/aromatic N) is 7. The molecule has 1 aliphatic heterocycles. The van der Waals surface area contributed by atoms with Crippen LogP contribution in [0.5, 0.6) is 0 Å². The number of aryl methyl sites for hydroxylation is 1. The average Bonchev–Trinajstić information content (AvgIpc) is 3.24. The molecule has 1 aliphatic rings. The number of tetrazole rings is 1. The minimum absolute atomic E-state index is 0.00715. The molecule has 3 rings (SSSR count). The smallest absolute Gasteiger partial charge is 0.244 e. The Morgan fingerprint density at radius 2 is 2.39 bits per heavy atom.